The number of hydrogen-bond acceptors (Lipinski definition) is 4. The van der Waals surface area contributed by atoms with Crippen LogP contribution >= 0.6 is 11.6 Å². The SMILES string of the molecule is N#C/C(=C\c1ccccc1OCCCl)c1noc2ccccc12. The number of hydrogen-bond donors (Lipinski definition) is 0. The summed E-state index contributed by atoms with van der Waals surface area (Å²) in [6.45, 7) is 0.404. The Kier molecular flexibility index (Phi) is 4.60. The molecule has 114 valence electrons. The molecule has 3 aromatic rings. The van der Waals surface area contributed by atoms with E-state index in [1.54, 1.807) is 6.08 Å². The molecule has 0 radical (unpaired) electrons. The Morgan fingerprint density at radius 1 is 1.22 bits per heavy atom. The molecule has 0 amide bonds. The number of fused-ring (bicyclic) bond motifs is 1. The first-order valence-corrected chi connectivity index (χ1v) is 7.61. The lowest BCUT2D eigenvalue weighted by molar-refractivity contribution is 0.342. The third-order valence-electron chi connectivity index (χ3n) is 3.31. The van der Waals surface area contributed by atoms with Crippen LogP contribution in [0.25, 0.3) is 22.6 Å². The fourth-order valence-electron chi connectivity index (χ4n) is 2.27. The smallest absolute Gasteiger partial charge is 0.167 e. The van der Waals surface area contributed by atoms with Crippen molar-refractivity contribution in [2.24, 2.45) is 0 Å². The summed E-state index contributed by atoms with van der Waals surface area (Å²) in [5, 5.41) is 14.4. The van der Waals surface area contributed by atoms with Gasteiger partial charge in [-0.25, -0.2) is 0 Å². The summed E-state index contributed by atoms with van der Waals surface area (Å²) in [4.78, 5) is 0. The average Bonchev–Trinajstić information content (AvgIpc) is 3.02. The van der Waals surface area contributed by atoms with Crippen LogP contribution in [0.5, 0.6) is 5.75 Å². The van der Waals surface area contributed by atoms with Crippen molar-refractivity contribution in [3.63, 3.8) is 0 Å². The van der Waals surface area contributed by atoms with Gasteiger partial charge in [0.15, 0.2) is 5.58 Å². The molecule has 1 heterocycles. The van der Waals surface area contributed by atoms with Gasteiger partial charge in [0.2, 0.25) is 0 Å². The summed E-state index contributed by atoms with van der Waals surface area (Å²) >= 11 is 5.67. The molecule has 3 rings (SSSR count). The van der Waals surface area contributed by atoms with E-state index in [0.29, 0.717) is 35.1 Å². The summed E-state index contributed by atoms with van der Waals surface area (Å²) in [5.74, 6) is 1.07. The molecule has 0 saturated heterocycles. The highest BCUT2D eigenvalue weighted by Gasteiger charge is 2.13. The van der Waals surface area contributed by atoms with Gasteiger partial charge in [0.05, 0.1) is 16.8 Å². The maximum absolute atomic E-state index is 9.52. The van der Waals surface area contributed by atoms with Crippen LogP contribution in [0.4, 0.5) is 0 Å². The third kappa shape index (κ3) is 3.20. The van der Waals surface area contributed by atoms with E-state index in [1.807, 2.05) is 48.5 Å². The highest BCUT2D eigenvalue weighted by atomic mass is 35.5. The largest absolute Gasteiger partial charge is 0.492 e. The molecule has 0 saturated carbocycles. The summed E-state index contributed by atoms with van der Waals surface area (Å²) in [6.07, 6.45) is 1.74. The molecule has 0 atom stereocenters. The minimum Gasteiger partial charge on any atom is -0.492 e. The summed E-state index contributed by atoms with van der Waals surface area (Å²) < 4.78 is 10.9. The molecule has 23 heavy (non-hydrogen) atoms. The first-order chi connectivity index (χ1) is 11.3. The zero-order valence-electron chi connectivity index (χ0n) is 12.2. The molecular weight excluding hydrogens is 312 g/mol. The van der Waals surface area contributed by atoms with Crippen LogP contribution in [-0.4, -0.2) is 17.6 Å². The van der Waals surface area contributed by atoms with E-state index in [9.17, 15) is 5.26 Å². The Bertz CT molecular complexity index is 893. The van der Waals surface area contributed by atoms with E-state index >= 15 is 0 Å². The second-order valence-electron chi connectivity index (χ2n) is 4.77. The highest BCUT2D eigenvalue weighted by Crippen LogP contribution is 2.28. The van der Waals surface area contributed by atoms with Gasteiger partial charge in [0, 0.05) is 5.56 Å². The Labute approximate surface area is 138 Å². The second-order valence-corrected chi connectivity index (χ2v) is 5.15. The monoisotopic (exact) mass is 324 g/mol. The standard InChI is InChI=1S/C18H13ClN2O2/c19-9-10-22-16-7-3-1-5-13(16)11-14(12-20)18-15-6-2-4-8-17(15)23-21-18/h1-8,11H,9-10H2/b14-11+. The maximum atomic E-state index is 9.52. The van der Waals surface area contributed by atoms with Crippen LogP contribution in [0.3, 0.4) is 0 Å². The van der Waals surface area contributed by atoms with Crippen molar-refractivity contribution < 1.29 is 9.26 Å². The van der Waals surface area contributed by atoms with Crippen LogP contribution in [0, 0.1) is 11.3 Å². The Morgan fingerprint density at radius 2 is 2.00 bits per heavy atom. The van der Waals surface area contributed by atoms with Gasteiger partial charge >= 0.3 is 0 Å². The lowest BCUT2D eigenvalue weighted by Crippen LogP contribution is -1.99. The van der Waals surface area contributed by atoms with E-state index in [4.69, 9.17) is 20.9 Å². The van der Waals surface area contributed by atoms with Gasteiger partial charge in [-0.1, -0.05) is 35.5 Å². The highest BCUT2D eigenvalue weighted by molar-refractivity contribution is 6.18. The summed E-state index contributed by atoms with van der Waals surface area (Å²) in [6, 6.07) is 17.1. The van der Waals surface area contributed by atoms with Crippen molar-refractivity contribution in [2.45, 2.75) is 0 Å². The van der Waals surface area contributed by atoms with Gasteiger partial charge < -0.3 is 9.26 Å². The van der Waals surface area contributed by atoms with Crippen LogP contribution < -0.4 is 4.74 Å². The fraction of sp³-hybridized carbons (Fsp3) is 0.111. The van der Waals surface area contributed by atoms with E-state index in [2.05, 4.69) is 11.2 Å². The molecule has 2 aromatic carbocycles. The van der Waals surface area contributed by atoms with Gasteiger partial charge in [-0.15, -0.1) is 11.6 Å². The van der Waals surface area contributed by atoms with Crippen molar-refractivity contribution >= 4 is 34.2 Å². The number of nitrogens with zero attached hydrogens (tertiary/aromatic N) is 2. The molecule has 0 unspecified atom stereocenters. The molecule has 0 spiro atoms. The van der Waals surface area contributed by atoms with Crippen molar-refractivity contribution in [1.82, 2.24) is 5.16 Å². The van der Waals surface area contributed by atoms with E-state index < -0.39 is 0 Å². The van der Waals surface area contributed by atoms with E-state index in [-0.39, 0.29) is 0 Å². The number of allylic oxidation sites excluding steroid dienone is 1. The summed E-state index contributed by atoms with van der Waals surface area (Å²) in [7, 11) is 0. The second kappa shape index (κ2) is 6.99. The molecular formula is C18H13ClN2O2. The molecule has 0 aliphatic carbocycles. The summed E-state index contributed by atoms with van der Waals surface area (Å²) in [5.41, 5.74) is 2.38. The topological polar surface area (TPSA) is 59.0 Å². The number of ether oxygens (including phenoxy) is 1. The fourth-order valence-corrected chi connectivity index (χ4v) is 2.35. The molecule has 0 aliphatic heterocycles. The first-order valence-electron chi connectivity index (χ1n) is 7.08. The van der Waals surface area contributed by atoms with Crippen LogP contribution in [0.2, 0.25) is 0 Å². The predicted molar refractivity (Wildman–Crippen MR) is 90.2 cm³/mol. The Hall–Kier alpha value is -2.77. The van der Waals surface area contributed by atoms with Crippen LogP contribution in [-0.2, 0) is 0 Å². The van der Waals surface area contributed by atoms with Crippen LogP contribution in [0.1, 0.15) is 11.3 Å². The number of aromatic nitrogens is 1. The number of alkyl halides is 1. The molecule has 1 aromatic heterocycles. The van der Waals surface area contributed by atoms with Crippen molar-refractivity contribution in [1.29, 1.82) is 5.26 Å². The van der Waals surface area contributed by atoms with Gasteiger partial charge in [0.1, 0.15) is 24.1 Å². The Morgan fingerprint density at radius 3 is 2.83 bits per heavy atom. The number of rotatable bonds is 5. The molecule has 5 heteroatoms. The van der Waals surface area contributed by atoms with Crippen molar-refractivity contribution in [3.8, 4) is 11.8 Å². The minimum absolute atomic E-state index is 0.400. The predicted octanol–water partition coefficient (Wildman–Crippen LogP) is 4.51. The minimum atomic E-state index is 0.400. The van der Waals surface area contributed by atoms with Gasteiger partial charge in [-0.3, -0.25) is 0 Å². The zero-order chi connectivity index (χ0) is 16.1. The first kappa shape index (κ1) is 15.1. The molecule has 0 bridgehead atoms. The number of para-hydroxylation sites is 2. The molecule has 0 N–H and O–H groups in total. The van der Waals surface area contributed by atoms with Crippen molar-refractivity contribution in [2.75, 3.05) is 12.5 Å². The number of benzene rings is 2. The van der Waals surface area contributed by atoms with Gasteiger partial charge in [-0.2, -0.15) is 5.26 Å². The molecule has 0 fully saturated rings. The number of halogens is 1. The maximum Gasteiger partial charge on any atom is 0.167 e. The normalized spacial score (nSPS) is 11.4. The van der Waals surface area contributed by atoms with Gasteiger partial charge in [0.25, 0.3) is 0 Å². The quantitative estimate of drug-likeness (QED) is 0.512. The third-order valence-corrected chi connectivity index (χ3v) is 3.46. The molecule has 4 nitrogen and oxygen atoms in total. The average molecular weight is 325 g/mol. The lowest BCUT2D eigenvalue weighted by Gasteiger charge is -2.07. The van der Waals surface area contributed by atoms with Crippen LogP contribution in [0.15, 0.2) is 53.1 Å². The zero-order valence-corrected chi connectivity index (χ0v) is 13.0. The molecule has 0 aliphatic rings. The van der Waals surface area contributed by atoms with E-state index in [0.717, 1.165) is 10.9 Å². The van der Waals surface area contributed by atoms with Gasteiger partial charge in [-0.05, 0) is 24.3 Å². The number of nitriles is 1. The van der Waals surface area contributed by atoms with Crippen molar-refractivity contribution in [3.05, 3.63) is 59.8 Å². The Balaban J connectivity index is 2.05. The van der Waals surface area contributed by atoms with E-state index in [1.165, 1.54) is 0 Å². The lowest BCUT2D eigenvalue weighted by atomic mass is 10.1.